The van der Waals surface area contributed by atoms with Gasteiger partial charge in [0.15, 0.2) is 5.78 Å². The van der Waals surface area contributed by atoms with E-state index in [4.69, 9.17) is 4.84 Å². The Kier molecular flexibility index (Phi) is 8.57. The van der Waals surface area contributed by atoms with Gasteiger partial charge in [-0.25, -0.2) is 5.48 Å². The third-order valence-electron chi connectivity index (χ3n) is 5.76. The van der Waals surface area contributed by atoms with Crippen LogP contribution in [-0.4, -0.2) is 17.6 Å². The van der Waals surface area contributed by atoms with Crippen LogP contribution >= 0.6 is 0 Å². The summed E-state index contributed by atoms with van der Waals surface area (Å²) in [6.45, 7) is 2.23. The van der Waals surface area contributed by atoms with E-state index >= 15 is 0 Å². The number of hydroxylamine groups is 1. The summed E-state index contributed by atoms with van der Waals surface area (Å²) < 4.78 is 0. The summed E-state index contributed by atoms with van der Waals surface area (Å²) in [4.78, 5) is 43.9. The lowest BCUT2D eigenvalue weighted by molar-refractivity contribution is -0.133. The molecule has 0 aliphatic heterocycles. The fraction of sp³-hybridized carbons (Fsp3) is 0.129. The lowest BCUT2D eigenvalue weighted by Gasteiger charge is -2.13. The number of benzene rings is 4. The molecule has 4 aromatic rings. The average Bonchev–Trinajstić information content (AvgIpc) is 2.91. The number of ketones is 1. The zero-order chi connectivity index (χ0) is 26.0. The van der Waals surface area contributed by atoms with Crippen molar-refractivity contribution in [3.8, 4) is 0 Å². The molecule has 0 heterocycles. The van der Waals surface area contributed by atoms with Gasteiger partial charge >= 0.3 is 0 Å². The Balaban J connectivity index is 1.47. The van der Waals surface area contributed by atoms with Gasteiger partial charge in [-0.1, -0.05) is 96.6 Å². The van der Waals surface area contributed by atoms with Crippen LogP contribution in [0.25, 0.3) is 0 Å². The molecule has 186 valence electrons. The van der Waals surface area contributed by atoms with E-state index in [1.807, 2.05) is 67.6 Å². The van der Waals surface area contributed by atoms with Crippen molar-refractivity contribution in [1.29, 1.82) is 0 Å². The molecule has 6 heteroatoms. The quantitative estimate of drug-likeness (QED) is 0.236. The highest BCUT2D eigenvalue weighted by Gasteiger charge is 2.17. The lowest BCUT2D eigenvalue weighted by atomic mass is 9.98. The molecule has 0 radical (unpaired) electrons. The maximum absolute atomic E-state index is 13.3. The topological polar surface area (TPSA) is 84.5 Å². The van der Waals surface area contributed by atoms with Gasteiger partial charge in [0.05, 0.1) is 25.1 Å². The second kappa shape index (κ2) is 12.4. The molecule has 0 aromatic heterocycles. The molecule has 0 saturated carbocycles. The number of rotatable bonds is 10. The fourth-order valence-corrected chi connectivity index (χ4v) is 3.82. The maximum atomic E-state index is 13.3. The number of carbonyl (C=O) groups excluding carboxylic acids is 3. The molecule has 37 heavy (non-hydrogen) atoms. The van der Waals surface area contributed by atoms with Crippen molar-refractivity contribution < 1.29 is 19.2 Å². The molecule has 4 aromatic carbocycles. The minimum atomic E-state index is -0.342. The van der Waals surface area contributed by atoms with E-state index in [-0.39, 0.29) is 37.0 Å². The molecule has 0 fully saturated rings. The Hall–Kier alpha value is -4.55. The van der Waals surface area contributed by atoms with Crippen molar-refractivity contribution in [2.75, 3.05) is 5.32 Å². The molecule has 4 rings (SSSR count). The average molecular weight is 493 g/mol. The molecule has 0 aliphatic rings. The molecular formula is C31H28N2O4. The first-order chi connectivity index (χ1) is 18.0. The number of amides is 2. The molecule has 0 bridgehead atoms. The number of hydrogen-bond acceptors (Lipinski definition) is 4. The number of hydrogen-bond donors (Lipinski definition) is 2. The summed E-state index contributed by atoms with van der Waals surface area (Å²) in [5.74, 6) is -0.815. The molecule has 2 N–H and O–H groups in total. The zero-order valence-electron chi connectivity index (χ0n) is 20.6. The Morgan fingerprint density at radius 1 is 0.676 bits per heavy atom. The first kappa shape index (κ1) is 25.5. The van der Waals surface area contributed by atoms with E-state index in [0.717, 1.165) is 16.7 Å². The van der Waals surface area contributed by atoms with Crippen LogP contribution in [0, 0.1) is 6.92 Å². The highest BCUT2D eigenvalue weighted by Crippen LogP contribution is 2.22. The van der Waals surface area contributed by atoms with Gasteiger partial charge in [0.25, 0.3) is 0 Å². The molecule has 0 spiro atoms. The second-order valence-electron chi connectivity index (χ2n) is 8.76. The minimum absolute atomic E-state index is 0.0153. The van der Waals surface area contributed by atoms with E-state index < -0.39 is 0 Å². The predicted molar refractivity (Wildman–Crippen MR) is 143 cm³/mol. The van der Waals surface area contributed by atoms with Crippen molar-refractivity contribution >= 4 is 23.3 Å². The monoisotopic (exact) mass is 492 g/mol. The first-order valence-electron chi connectivity index (χ1n) is 12.0. The summed E-state index contributed by atoms with van der Waals surface area (Å²) in [7, 11) is 0. The summed E-state index contributed by atoms with van der Waals surface area (Å²) in [6.07, 6.45) is 0.198. The fourth-order valence-electron chi connectivity index (χ4n) is 3.82. The number of carbonyl (C=O) groups is 3. The Labute approximate surface area is 216 Å². The van der Waals surface area contributed by atoms with Crippen molar-refractivity contribution in [3.05, 3.63) is 137 Å². The third-order valence-corrected chi connectivity index (χ3v) is 5.76. The van der Waals surface area contributed by atoms with Crippen molar-refractivity contribution in [2.45, 2.75) is 26.4 Å². The molecule has 0 atom stereocenters. The van der Waals surface area contributed by atoms with Crippen LogP contribution in [0.5, 0.6) is 0 Å². The number of anilines is 1. The molecular weight excluding hydrogens is 464 g/mol. The van der Waals surface area contributed by atoms with Gasteiger partial charge < -0.3 is 5.32 Å². The van der Waals surface area contributed by atoms with Crippen molar-refractivity contribution in [2.24, 2.45) is 0 Å². The number of aryl methyl sites for hydroxylation is 1. The van der Waals surface area contributed by atoms with Crippen molar-refractivity contribution in [3.63, 3.8) is 0 Å². The molecule has 0 saturated heterocycles. The van der Waals surface area contributed by atoms with E-state index in [1.54, 1.807) is 42.5 Å². The SMILES string of the molecule is Cc1ccc(CC(=O)Nc2ccc(CC(=O)NOCc3ccccc3)cc2C(=O)c2ccccc2)cc1. The zero-order valence-corrected chi connectivity index (χ0v) is 20.6. The minimum Gasteiger partial charge on any atom is -0.325 e. The highest BCUT2D eigenvalue weighted by atomic mass is 16.6. The van der Waals surface area contributed by atoms with Gasteiger partial charge in [0.1, 0.15) is 0 Å². The van der Waals surface area contributed by atoms with Gasteiger partial charge in [0.2, 0.25) is 11.8 Å². The highest BCUT2D eigenvalue weighted by molar-refractivity contribution is 6.14. The lowest BCUT2D eigenvalue weighted by Crippen LogP contribution is -2.25. The number of nitrogens with one attached hydrogen (secondary N) is 2. The Morgan fingerprint density at radius 2 is 1.30 bits per heavy atom. The molecule has 0 aliphatic carbocycles. The summed E-state index contributed by atoms with van der Waals surface area (Å²) in [5.41, 5.74) is 7.20. The van der Waals surface area contributed by atoms with Gasteiger partial charge in [-0.05, 0) is 35.7 Å². The van der Waals surface area contributed by atoms with Gasteiger partial charge in [0, 0.05) is 11.1 Å². The third kappa shape index (κ3) is 7.46. The van der Waals surface area contributed by atoms with E-state index in [9.17, 15) is 14.4 Å². The molecule has 6 nitrogen and oxygen atoms in total. The Morgan fingerprint density at radius 3 is 2.00 bits per heavy atom. The first-order valence-corrected chi connectivity index (χ1v) is 12.0. The Bertz CT molecular complexity index is 1370. The van der Waals surface area contributed by atoms with Crippen LogP contribution in [0.3, 0.4) is 0 Å². The van der Waals surface area contributed by atoms with Crippen molar-refractivity contribution in [1.82, 2.24) is 5.48 Å². The molecule has 0 unspecified atom stereocenters. The summed E-state index contributed by atoms with van der Waals surface area (Å²) in [6, 6.07) is 31.1. The normalized spacial score (nSPS) is 10.5. The van der Waals surface area contributed by atoms with E-state index in [0.29, 0.717) is 22.4 Å². The largest absolute Gasteiger partial charge is 0.325 e. The molecule has 2 amide bonds. The van der Waals surface area contributed by atoms with Crippen LogP contribution in [0.15, 0.2) is 103 Å². The summed E-state index contributed by atoms with van der Waals surface area (Å²) >= 11 is 0. The van der Waals surface area contributed by atoms with Crippen LogP contribution in [0.1, 0.15) is 38.2 Å². The van der Waals surface area contributed by atoms with Gasteiger partial charge in [-0.3, -0.25) is 19.2 Å². The van der Waals surface area contributed by atoms with Gasteiger partial charge in [-0.2, -0.15) is 0 Å². The predicted octanol–water partition coefficient (Wildman–Crippen LogP) is 5.20. The smallest absolute Gasteiger partial charge is 0.247 e. The standard InChI is InChI=1S/C31H28N2O4/c1-22-12-14-23(15-13-22)19-29(34)32-28-17-16-25(18-27(28)31(36)26-10-6-3-7-11-26)20-30(35)33-37-21-24-8-4-2-5-9-24/h2-18H,19-21H2,1H3,(H,32,34)(H,33,35). The van der Waals surface area contributed by atoms with E-state index in [2.05, 4.69) is 10.8 Å². The van der Waals surface area contributed by atoms with Gasteiger partial charge in [-0.15, -0.1) is 0 Å². The van der Waals surface area contributed by atoms with Crippen LogP contribution in [0.2, 0.25) is 0 Å². The van der Waals surface area contributed by atoms with Crippen LogP contribution < -0.4 is 10.8 Å². The van der Waals surface area contributed by atoms with E-state index in [1.165, 1.54) is 0 Å². The van der Waals surface area contributed by atoms with Crippen LogP contribution in [-0.2, 0) is 33.9 Å². The second-order valence-corrected chi connectivity index (χ2v) is 8.76. The maximum Gasteiger partial charge on any atom is 0.247 e. The summed E-state index contributed by atoms with van der Waals surface area (Å²) in [5, 5.41) is 2.87. The van der Waals surface area contributed by atoms with Crippen LogP contribution in [0.4, 0.5) is 5.69 Å².